The highest BCUT2D eigenvalue weighted by Crippen LogP contribution is 2.31. The minimum absolute atomic E-state index is 0.0111. The number of halogens is 1. The third-order valence-electron chi connectivity index (χ3n) is 5.41. The van der Waals surface area contributed by atoms with Gasteiger partial charge in [0.15, 0.2) is 0 Å². The van der Waals surface area contributed by atoms with Crippen LogP contribution in [0.4, 0.5) is 0 Å². The van der Waals surface area contributed by atoms with Crippen molar-refractivity contribution < 1.29 is 9.53 Å². The zero-order valence-electron chi connectivity index (χ0n) is 17.4. The van der Waals surface area contributed by atoms with Gasteiger partial charge in [-0.3, -0.25) is 14.3 Å². The van der Waals surface area contributed by atoms with Crippen LogP contribution in [0.15, 0.2) is 60.0 Å². The topological polar surface area (TPSA) is 73.1 Å². The van der Waals surface area contributed by atoms with Gasteiger partial charge in [-0.25, -0.2) is 9.97 Å². The van der Waals surface area contributed by atoms with Crippen LogP contribution in [-0.4, -0.2) is 62.9 Å². The first-order chi connectivity index (χ1) is 15.6. The van der Waals surface area contributed by atoms with Gasteiger partial charge < -0.3 is 9.64 Å². The molecule has 0 radical (unpaired) electrons. The Morgan fingerprint density at radius 3 is 2.59 bits per heavy atom. The quantitative estimate of drug-likeness (QED) is 0.418. The minimum Gasteiger partial charge on any atom is -0.378 e. The van der Waals surface area contributed by atoms with Crippen molar-refractivity contribution in [3.8, 4) is 17.2 Å². The smallest absolute Gasteiger partial charge is 0.254 e. The number of hydrogen-bond donors (Lipinski definition) is 0. The summed E-state index contributed by atoms with van der Waals surface area (Å²) in [5, 5.41) is 1.66. The van der Waals surface area contributed by atoms with Gasteiger partial charge in [0.05, 0.1) is 24.4 Å². The largest absolute Gasteiger partial charge is 0.378 e. The minimum atomic E-state index is 0.0111. The van der Waals surface area contributed by atoms with E-state index in [-0.39, 0.29) is 5.91 Å². The molecule has 1 aliphatic rings. The third-order valence-corrected chi connectivity index (χ3v) is 6.41. The number of pyridine rings is 1. The number of carbonyl (C=O) groups is 1. The highest BCUT2D eigenvalue weighted by atomic mass is 35.5. The molecule has 0 atom stereocenters. The van der Waals surface area contributed by atoms with Gasteiger partial charge in [-0.05, 0) is 30.5 Å². The monoisotopic (exact) mass is 465 g/mol. The molecule has 162 valence electrons. The van der Waals surface area contributed by atoms with E-state index in [0.29, 0.717) is 48.5 Å². The maximum Gasteiger partial charge on any atom is 0.254 e. The Hall–Kier alpha value is -2.94. The van der Waals surface area contributed by atoms with Crippen molar-refractivity contribution in [1.82, 2.24) is 24.4 Å². The zero-order valence-corrected chi connectivity index (χ0v) is 18.9. The molecule has 0 unspecified atom stereocenters. The predicted molar refractivity (Wildman–Crippen MR) is 126 cm³/mol. The van der Waals surface area contributed by atoms with Crippen LogP contribution in [0, 0.1) is 0 Å². The Morgan fingerprint density at radius 1 is 1.09 bits per heavy atom. The van der Waals surface area contributed by atoms with Crippen molar-refractivity contribution in [2.45, 2.75) is 4.90 Å². The average Bonchev–Trinajstić information content (AvgIpc) is 3.22. The maximum absolute atomic E-state index is 13.0. The number of aromatic nitrogens is 4. The van der Waals surface area contributed by atoms with E-state index < -0.39 is 0 Å². The summed E-state index contributed by atoms with van der Waals surface area (Å²) in [7, 11) is 0. The predicted octanol–water partition coefficient (Wildman–Crippen LogP) is 4.33. The molecule has 32 heavy (non-hydrogen) atoms. The van der Waals surface area contributed by atoms with Crippen LogP contribution in [0.2, 0.25) is 5.02 Å². The number of amides is 1. The SMILES string of the molecule is CSc1cn(-c2ncc(-c3cc(Cl)ccn3)cn2)c2cc(C(=O)N3CCOCC3)ccc12. The molecule has 0 aliphatic carbocycles. The van der Waals surface area contributed by atoms with Gasteiger partial charge in [0.25, 0.3) is 5.91 Å². The first-order valence-electron chi connectivity index (χ1n) is 10.1. The molecule has 0 bridgehead atoms. The van der Waals surface area contributed by atoms with Crippen molar-refractivity contribution in [1.29, 1.82) is 0 Å². The molecule has 9 heteroatoms. The summed E-state index contributed by atoms with van der Waals surface area (Å²) in [6.07, 6.45) is 9.15. The fraction of sp³-hybridized carbons (Fsp3) is 0.217. The summed E-state index contributed by atoms with van der Waals surface area (Å²) in [6.45, 7) is 2.36. The van der Waals surface area contributed by atoms with Crippen molar-refractivity contribution in [2.75, 3.05) is 32.6 Å². The zero-order chi connectivity index (χ0) is 22.1. The summed E-state index contributed by atoms with van der Waals surface area (Å²) in [5.74, 6) is 0.536. The summed E-state index contributed by atoms with van der Waals surface area (Å²) >= 11 is 7.72. The number of morpholine rings is 1. The van der Waals surface area contributed by atoms with Crippen LogP contribution >= 0.6 is 23.4 Å². The lowest BCUT2D eigenvalue weighted by Gasteiger charge is -2.26. The van der Waals surface area contributed by atoms with Gasteiger partial charge in [-0.2, -0.15) is 0 Å². The highest BCUT2D eigenvalue weighted by Gasteiger charge is 2.20. The number of thioether (sulfide) groups is 1. The van der Waals surface area contributed by atoms with Crippen LogP contribution < -0.4 is 0 Å². The second-order valence-electron chi connectivity index (χ2n) is 7.34. The molecule has 5 rings (SSSR count). The normalized spacial score (nSPS) is 14.1. The van der Waals surface area contributed by atoms with Crippen molar-refractivity contribution >= 4 is 40.2 Å². The fourth-order valence-electron chi connectivity index (χ4n) is 3.75. The molecule has 1 aromatic carbocycles. The summed E-state index contributed by atoms with van der Waals surface area (Å²) in [6, 6.07) is 9.31. The Morgan fingerprint density at radius 2 is 1.88 bits per heavy atom. The molecule has 1 amide bonds. The Balaban J connectivity index is 1.53. The summed E-state index contributed by atoms with van der Waals surface area (Å²) < 4.78 is 7.29. The lowest BCUT2D eigenvalue weighted by Crippen LogP contribution is -2.40. The van der Waals surface area contributed by atoms with Crippen LogP contribution in [0.1, 0.15) is 10.4 Å². The van der Waals surface area contributed by atoms with E-state index >= 15 is 0 Å². The molecule has 3 aromatic heterocycles. The second kappa shape index (κ2) is 8.90. The van der Waals surface area contributed by atoms with Gasteiger partial charge in [0, 0.05) is 64.3 Å². The van der Waals surface area contributed by atoms with E-state index in [9.17, 15) is 4.79 Å². The van der Waals surface area contributed by atoms with Crippen molar-refractivity contribution in [3.63, 3.8) is 0 Å². The lowest BCUT2D eigenvalue weighted by molar-refractivity contribution is 0.0303. The molecule has 0 N–H and O–H groups in total. The third kappa shape index (κ3) is 3.97. The number of rotatable bonds is 4. The molecule has 1 saturated heterocycles. The standard InChI is InChI=1S/C23H20ClN5O2S/c1-32-21-14-29(23-26-12-16(13-27-23)19-11-17(24)4-5-25-19)20-10-15(2-3-18(20)21)22(30)28-6-8-31-9-7-28/h2-5,10-14H,6-9H2,1H3. The van der Waals surface area contributed by atoms with E-state index in [1.807, 2.05) is 40.1 Å². The number of hydrogen-bond acceptors (Lipinski definition) is 6. The average molecular weight is 466 g/mol. The molecule has 1 fully saturated rings. The van der Waals surface area contributed by atoms with Gasteiger partial charge in [0.1, 0.15) is 0 Å². The van der Waals surface area contributed by atoms with E-state index in [1.54, 1.807) is 42.5 Å². The number of benzene rings is 1. The van der Waals surface area contributed by atoms with E-state index in [0.717, 1.165) is 21.4 Å². The van der Waals surface area contributed by atoms with Gasteiger partial charge in [-0.15, -0.1) is 11.8 Å². The highest BCUT2D eigenvalue weighted by molar-refractivity contribution is 7.98. The molecule has 1 aliphatic heterocycles. The number of fused-ring (bicyclic) bond motifs is 1. The number of ether oxygens (including phenoxy) is 1. The van der Waals surface area contributed by atoms with Crippen molar-refractivity contribution in [3.05, 3.63) is 65.7 Å². The van der Waals surface area contributed by atoms with Crippen LogP contribution in [0.25, 0.3) is 28.1 Å². The molecular formula is C23H20ClN5O2S. The van der Waals surface area contributed by atoms with Crippen LogP contribution in [0.3, 0.4) is 0 Å². The molecule has 0 spiro atoms. The Labute approximate surface area is 194 Å². The number of nitrogens with zero attached hydrogens (tertiary/aromatic N) is 5. The summed E-state index contributed by atoms with van der Waals surface area (Å²) in [5.41, 5.74) is 3.03. The van der Waals surface area contributed by atoms with E-state index in [1.165, 1.54) is 0 Å². The second-order valence-corrected chi connectivity index (χ2v) is 8.62. The first kappa shape index (κ1) is 20.9. The van der Waals surface area contributed by atoms with Crippen molar-refractivity contribution in [2.24, 2.45) is 0 Å². The van der Waals surface area contributed by atoms with Gasteiger partial charge in [0.2, 0.25) is 5.95 Å². The fourth-order valence-corrected chi connectivity index (χ4v) is 4.51. The van der Waals surface area contributed by atoms with Gasteiger partial charge in [-0.1, -0.05) is 17.7 Å². The number of carbonyl (C=O) groups excluding carboxylic acids is 1. The molecular weight excluding hydrogens is 446 g/mol. The summed E-state index contributed by atoms with van der Waals surface area (Å²) in [4.78, 5) is 29.4. The maximum atomic E-state index is 13.0. The van der Waals surface area contributed by atoms with E-state index in [4.69, 9.17) is 16.3 Å². The van der Waals surface area contributed by atoms with Crippen LogP contribution in [0.5, 0.6) is 0 Å². The first-order valence-corrected chi connectivity index (χ1v) is 11.7. The van der Waals surface area contributed by atoms with Crippen LogP contribution in [-0.2, 0) is 4.74 Å². The van der Waals surface area contributed by atoms with Gasteiger partial charge >= 0.3 is 0 Å². The molecule has 7 nitrogen and oxygen atoms in total. The van der Waals surface area contributed by atoms with E-state index in [2.05, 4.69) is 15.0 Å². The molecule has 0 saturated carbocycles. The Kier molecular flexibility index (Phi) is 5.82. The molecule has 4 aromatic rings. The Bertz CT molecular complexity index is 1290. The molecule has 4 heterocycles. The lowest BCUT2D eigenvalue weighted by atomic mass is 10.1.